The molecule has 1 heterocycles. The standard InChI is InChI=1S/C11H12FN3O2/c1-15-11(13)4-8(14-15)6-3-7(12)10(17-2)5-9(6)16/h3-5,16H,13H2,1-2H3. The Morgan fingerprint density at radius 3 is 2.65 bits per heavy atom. The van der Waals surface area contributed by atoms with Crippen LogP contribution in [0.2, 0.25) is 0 Å². The van der Waals surface area contributed by atoms with E-state index in [2.05, 4.69) is 5.10 Å². The summed E-state index contributed by atoms with van der Waals surface area (Å²) in [6.45, 7) is 0. The molecule has 0 spiro atoms. The fourth-order valence-electron chi connectivity index (χ4n) is 1.52. The Morgan fingerprint density at radius 1 is 1.41 bits per heavy atom. The fraction of sp³-hybridized carbons (Fsp3) is 0.182. The second kappa shape index (κ2) is 3.97. The predicted octanol–water partition coefficient (Wildman–Crippen LogP) is 1.52. The zero-order valence-corrected chi connectivity index (χ0v) is 9.44. The lowest BCUT2D eigenvalue weighted by molar-refractivity contribution is 0.381. The molecular formula is C11H12FN3O2. The first-order valence-electron chi connectivity index (χ1n) is 4.89. The van der Waals surface area contributed by atoms with Crippen molar-refractivity contribution in [3.05, 3.63) is 24.0 Å². The average Bonchev–Trinajstić information content (AvgIpc) is 2.61. The second-order valence-electron chi connectivity index (χ2n) is 3.58. The lowest BCUT2D eigenvalue weighted by Crippen LogP contribution is -1.96. The van der Waals surface area contributed by atoms with Gasteiger partial charge in [0.1, 0.15) is 11.6 Å². The monoisotopic (exact) mass is 237 g/mol. The van der Waals surface area contributed by atoms with Gasteiger partial charge >= 0.3 is 0 Å². The summed E-state index contributed by atoms with van der Waals surface area (Å²) in [5.74, 6) is -0.267. The van der Waals surface area contributed by atoms with E-state index in [9.17, 15) is 9.50 Å². The van der Waals surface area contributed by atoms with Gasteiger partial charge in [-0.25, -0.2) is 4.39 Å². The van der Waals surface area contributed by atoms with E-state index in [1.807, 2.05) is 0 Å². The number of halogens is 1. The zero-order chi connectivity index (χ0) is 12.6. The molecular weight excluding hydrogens is 225 g/mol. The van der Waals surface area contributed by atoms with E-state index in [0.717, 1.165) is 6.07 Å². The van der Waals surface area contributed by atoms with Crippen LogP contribution in [0.25, 0.3) is 11.3 Å². The molecule has 0 radical (unpaired) electrons. The first kappa shape index (κ1) is 11.3. The Hall–Kier alpha value is -2.24. The molecule has 2 rings (SSSR count). The summed E-state index contributed by atoms with van der Waals surface area (Å²) >= 11 is 0. The van der Waals surface area contributed by atoms with E-state index in [-0.39, 0.29) is 17.1 Å². The molecule has 0 fully saturated rings. The third kappa shape index (κ3) is 1.89. The first-order chi connectivity index (χ1) is 8.02. The van der Waals surface area contributed by atoms with Crippen molar-refractivity contribution in [2.24, 2.45) is 7.05 Å². The van der Waals surface area contributed by atoms with Crippen molar-refractivity contribution < 1.29 is 14.2 Å². The molecule has 0 aliphatic heterocycles. The highest BCUT2D eigenvalue weighted by atomic mass is 19.1. The number of nitrogen functional groups attached to an aromatic ring is 1. The Kier molecular flexibility index (Phi) is 2.63. The Balaban J connectivity index is 2.56. The van der Waals surface area contributed by atoms with Gasteiger partial charge < -0.3 is 15.6 Å². The number of hydrogen-bond donors (Lipinski definition) is 2. The normalized spacial score (nSPS) is 10.5. The van der Waals surface area contributed by atoms with Gasteiger partial charge in [-0.05, 0) is 6.07 Å². The number of aromatic nitrogens is 2. The maximum atomic E-state index is 13.5. The van der Waals surface area contributed by atoms with E-state index in [1.54, 1.807) is 13.1 Å². The third-order valence-electron chi connectivity index (χ3n) is 2.46. The molecule has 1 aromatic carbocycles. The maximum Gasteiger partial charge on any atom is 0.166 e. The Bertz CT molecular complexity index is 547. The van der Waals surface area contributed by atoms with Gasteiger partial charge in [0.05, 0.1) is 12.8 Å². The van der Waals surface area contributed by atoms with Gasteiger partial charge in [0.25, 0.3) is 0 Å². The Labute approximate surface area is 97.2 Å². The highest BCUT2D eigenvalue weighted by Crippen LogP contribution is 2.34. The molecule has 0 atom stereocenters. The smallest absolute Gasteiger partial charge is 0.166 e. The molecule has 2 aromatic rings. The van der Waals surface area contributed by atoms with Crippen molar-refractivity contribution in [1.82, 2.24) is 9.78 Å². The fourth-order valence-corrected chi connectivity index (χ4v) is 1.52. The third-order valence-corrected chi connectivity index (χ3v) is 2.46. The molecule has 0 aliphatic rings. The average molecular weight is 237 g/mol. The van der Waals surface area contributed by atoms with E-state index in [4.69, 9.17) is 10.5 Å². The number of anilines is 1. The van der Waals surface area contributed by atoms with E-state index >= 15 is 0 Å². The first-order valence-corrected chi connectivity index (χ1v) is 4.89. The van der Waals surface area contributed by atoms with Gasteiger partial charge in [-0.2, -0.15) is 5.10 Å². The van der Waals surface area contributed by atoms with Crippen LogP contribution in [-0.4, -0.2) is 22.0 Å². The minimum absolute atomic E-state index is 0.0184. The number of phenolic OH excluding ortho intramolecular Hbond substituents is 1. The predicted molar refractivity (Wildman–Crippen MR) is 61.2 cm³/mol. The highest BCUT2D eigenvalue weighted by molar-refractivity contribution is 5.70. The van der Waals surface area contributed by atoms with Gasteiger partial charge in [0.2, 0.25) is 0 Å². The van der Waals surface area contributed by atoms with Crippen molar-refractivity contribution in [2.45, 2.75) is 0 Å². The summed E-state index contributed by atoms with van der Waals surface area (Å²) < 4.78 is 19.7. The number of aryl methyl sites for hydroxylation is 1. The maximum absolute atomic E-state index is 13.5. The van der Waals surface area contributed by atoms with Gasteiger partial charge in [0.15, 0.2) is 11.6 Å². The number of methoxy groups -OCH3 is 1. The molecule has 0 saturated heterocycles. The SMILES string of the molecule is COc1cc(O)c(-c2cc(N)n(C)n2)cc1F. The molecule has 0 saturated carbocycles. The molecule has 6 heteroatoms. The van der Waals surface area contributed by atoms with Crippen LogP contribution in [0.1, 0.15) is 0 Å². The molecule has 3 N–H and O–H groups in total. The van der Waals surface area contributed by atoms with Gasteiger partial charge in [-0.1, -0.05) is 0 Å². The number of rotatable bonds is 2. The van der Waals surface area contributed by atoms with Crippen LogP contribution in [0, 0.1) is 5.82 Å². The number of nitrogens with zero attached hydrogens (tertiary/aromatic N) is 2. The van der Waals surface area contributed by atoms with Crippen molar-refractivity contribution in [3.8, 4) is 22.8 Å². The van der Waals surface area contributed by atoms with Gasteiger partial charge in [-0.15, -0.1) is 0 Å². The Morgan fingerprint density at radius 2 is 2.12 bits per heavy atom. The quantitative estimate of drug-likeness (QED) is 0.830. The number of aromatic hydroxyl groups is 1. The van der Waals surface area contributed by atoms with Crippen LogP contribution < -0.4 is 10.5 Å². The summed E-state index contributed by atoms with van der Waals surface area (Å²) in [5, 5.41) is 13.8. The summed E-state index contributed by atoms with van der Waals surface area (Å²) in [5.41, 5.74) is 6.30. The van der Waals surface area contributed by atoms with E-state index in [0.29, 0.717) is 11.5 Å². The van der Waals surface area contributed by atoms with Gasteiger partial charge in [0, 0.05) is 24.7 Å². The molecule has 1 aromatic heterocycles. The molecule has 90 valence electrons. The topological polar surface area (TPSA) is 73.3 Å². The molecule has 17 heavy (non-hydrogen) atoms. The summed E-state index contributed by atoms with van der Waals surface area (Å²) in [7, 11) is 2.99. The summed E-state index contributed by atoms with van der Waals surface area (Å²) in [6.07, 6.45) is 0. The highest BCUT2D eigenvalue weighted by Gasteiger charge is 2.14. The molecule has 0 unspecified atom stereocenters. The zero-order valence-electron chi connectivity index (χ0n) is 9.44. The van der Waals surface area contributed by atoms with E-state index < -0.39 is 5.82 Å². The van der Waals surface area contributed by atoms with Crippen LogP contribution in [0.3, 0.4) is 0 Å². The van der Waals surface area contributed by atoms with Crippen LogP contribution in [0.5, 0.6) is 11.5 Å². The van der Waals surface area contributed by atoms with Crippen LogP contribution in [-0.2, 0) is 7.05 Å². The lowest BCUT2D eigenvalue weighted by atomic mass is 10.1. The largest absolute Gasteiger partial charge is 0.507 e. The summed E-state index contributed by atoms with van der Waals surface area (Å²) in [4.78, 5) is 0. The van der Waals surface area contributed by atoms with Crippen LogP contribution in [0.15, 0.2) is 18.2 Å². The number of nitrogens with two attached hydrogens (primary N) is 1. The second-order valence-corrected chi connectivity index (χ2v) is 3.58. The molecule has 0 aliphatic carbocycles. The van der Waals surface area contributed by atoms with Crippen LogP contribution >= 0.6 is 0 Å². The lowest BCUT2D eigenvalue weighted by Gasteiger charge is -2.06. The molecule has 0 bridgehead atoms. The van der Waals surface area contributed by atoms with Crippen molar-refractivity contribution in [1.29, 1.82) is 0 Å². The number of phenols is 1. The van der Waals surface area contributed by atoms with Gasteiger partial charge in [-0.3, -0.25) is 4.68 Å². The number of ether oxygens (including phenoxy) is 1. The molecule has 0 amide bonds. The molecule has 5 nitrogen and oxygen atoms in total. The minimum atomic E-state index is -0.565. The van der Waals surface area contributed by atoms with Crippen molar-refractivity contribution in [2.75, 3.05) is 12.8 Å². The van der Waals surface area contributed by atoms with Crippen molar-refractivity contribution in [3.63, 3.8) is 0 Å². The minimum Gasteiger partial charge on any atom is -0.507 e. The van der Waals surface area contributed by atoms with Crippen molar-refractivity contribution >= 4 is 5.82 Å². The van der Waals surface area contributed by atoms with Crippen LogP contribution in [0.4, 0.5) is 10.2 Å². The summed E-state index contributed by atoms with van der Waals surface area (Å²) in [6, 6.07) is 3.92. The van der Waals surface area contributed by atoms with E-state index in [1.165, 1.54) is 17.9 Å². The number of benzene rings is 1. The number of hydrogen-bond acceptors (Lipinski definition) is 4.